The summed E-state index contributed by atoms with van der Waals surface area (Å²) in [5, 5.41) is 10.5. The minimum Gasteiger partial charge on any atom is -0.444 e. The lowest BCUT2D eigenvalue weighted by Gasteiger charge is -2.19. The van der Waals surface area contributed by atoms with Crippen LogP contribution < -0.4 is 10.6 Å². The predicted molar refractivity (Wildman–Crippen MR) is 72.7 cm³/mol. The van der Waals surface area contributed by atoms with Gasteiger partial charge < -0.3 is 15.4 Å². The van der Waals surface area contributed by atoms with Gasteiger partial charge in [0.05, 0.1) is 0 Å². The Morgan fingerprint density at radius 1 is 1.50 bits per heavy atom. The van der Waals surface area contributed by atoms with Crippen LogP contribution in [0, 0.1) is 0 Å². The van der Waals surface area contributed by atoms with E-state index in [0.717, 1.165) is 13.0 Å². The highest BCUT2D eigenvalue weighted by Gasteiger charge is 2.38. The molecule has 1 heterocycles. The van der Waals surface area contributed by atoms with Gasteiger partial charge in [0.15, 0.2) is 0 Å². The molecule has 0 bridgehead atoms. The third-order valence-electron chi connectivity index (χ3n) is 2.64. The fourth-order valence-electron chi connectivity index (χ4n) is 1.68. The minimum atomic E-state index is -0.432. The molecule has 0 radical (unpaired) electrons. The van der Waals surface area contributed by atoms with Gasteiger partial charge in [-0.1, -0.05) is 0 Å². The maximum Gasteiger partial charge on any atom is 0.407 e. The number of ether oxygens (including phenoxy) is 1. The summed E-state index contributed by atoms with van der Waals surface area (Å²) in [5.41, 5.74) is 0.862. The van der Waals surface area contributed by atoms with Gasteiger partial charge in [-0.3, -0.25) is 0 Å². The molecule has 1 saturated carbocycles. The Bertz CT molecular complexity index is 398. The van der Waals surface area contributed by atoms with E-state index in [0.29, 0.717) is 6.04 Å². The molecule has 0 saturated heterocycles. The molecule has 5 heteroatoms. The molecular formula is C13H20N2O2S. The topological polar surface area (TPSA) is 50.4 Å². The van der Waals surface area contributed by atoms with Gasteiger partial charge in [0.2, 0.25) is 0 Å². The molecule has 2 unspecified atom stereocenters. The first-order valence-electron chi connectivity index (χ1n) is 6.18. The fraction of sp³-hybridized carbons (Fsp3) is 0.615. The highest BCUT2D eigenvalue weighted by atomic mass is 32.1. The molecule has 4 nitrogen and oxygen atoms in total. The van der Waals surface area contributed by atoms with Gasteiger partial charge in [-0.15, -0.1) is 0 Å². The molecule has 1 aliphatic rings. The number of carbonyl (C=O) groups excluding carboxylic acids is 1. The average Bonchev–Trinajstić information content (AvgIpc) is 2.76. The van der Waals surface area contributed by atoms with Crippen molar-refractivity contribution in [3.63, 3.8) is 0 Å². The van der Waals surface area contributed by atoms with Crippen molar-refractivity contribution in [2.24, 2.45) is 0 Å². The minimum absolute atomic E-state index is 0.207. The van der Waals surface area contributed by atoms with Crippen molar-refractivity contribution in [1.29, 1.82) is 0 Å². The molecule has 0 spiro atoms. The first-order chi connectivity index (χ1) is 8.44. The van der Waals surface area contributed by atoms with Crippen LogP contribution in [0.2, 0.25) is 0 Å². The summed E-state index contributed by atoms with van der Waals surface area (Å²) in [6.45, 7) is 6.46. The summed E-state index contributed by atoms with van der Waals surface area (Å²) in [7, 11) is 0. The van der Waals surface area contributed by atoms with Crippen LogP contribution in [-0.4, -0.2) is 23.8 Å². The van der Waals surface area contributed by atoms with Gasteiger partial charge in [0.25, 0.3) is 0 Å². The third-order valence-corrected chi connectivity index (χ3v) is 3.37. The summed E-state index contributed by atoms with van der Waals surface area (Å²) in [6.07, 6.45) is 0.649. The maximum atomic E-state index is 11.5. The molecule has 1 aromatic heterocycles. The average molecular weight is 268 g/mol. The molecule has 2 N–H and O–H groups in total. The SMILES string of the molecule is CC(C)(C)OC(=O)NC1CC1NCc1ccsc1. The molecule has 18 heavy (non-hydrogen) atoms. The highest BCUT2D eigenvalue weighted by Crippen LogP contribution is 2.22. The van der Waals surface area contributed by atoms with Crippen LogP contribution in [-0.2, 0) is 11.3 Å². The molecule has 2 atom stereocenters. The van der Waals surface area contributed by atoms with Crippen molar-refractivity contribution in [3.8, 4) is 0 Å². The zero-order chi connectivity index (χ0) is 13.2. The molecule has 0 aromatic carbocycles. The number of thiophene rings is 1. The fourth-order valence-corrected chi connectivity index (χ4v) is 2.35. The monoisotopic (exact) mass is 268 g/mol. The van der Waals surface area contributed by atoms with Crippen LogP contribution in [0.1, 0.15) is 32.8 Å². The lowest BCUT2D eigenvalue weighted by atomic mass is 10.2. The number of carbonyl (C=O) groups is 1. The van der Waals surface area contributed by atoms with E-state index >= 15 is 0 Å². The summed E-state index contributed by atoms with van der Waals surface area (Å²) >= 11 is 1.70. The van der Waals surface area contributed by atoms with Crippen LogP contribution in [0.25, 0.3) is 0 Å². The quantitative estimate of drug-likeness (QED) is 0.882. The van der Waals surface area contributed by atoms with Gasteiger partial charge in [0.1, 0.15) is 5.60 Å². The second-order valence-electron chi connectivity index (χ2n) is 5.61. The lowest BCUT2D eigenvalue weighted by molar-refractivity contribution is 0.0522. The highest BCUT2D eigenvalue weighted by molar-refractivity contribution is 7.07. The Labute approximate surface area is 112 Å². The number of amides is 1. The molecule has 0 aliphatic heterocycles. The van der Waals surface area contributed by atoms with Crippen LogP contribution >= 0.6 is 11.3 Å². The Hall–Kier alpha value is -1.07. The van der Waals surface area contributed by atoms with E-state index in [1.807, 2.05) is 20.8 Å². The molecule has 1 fully saturated rings. The van der Waals surface area contributed by atoms with E-state index in [9.17, 15) is 4.79 Å². The number of alkyl carbamates (subject to hydrolysis) is 1. The van der Waals surface area contributed by atoms with Crippen LogP contribution in [0.3, 0.4) is 0 Å². The smallest absolute Gasteiger partial charge is 0.407 e. The van der Waals surface area contributed by atoms with E-state index in [1.165, 1.54) is 5.56 Å². The van der Waals surface area contributed by atoms with Crippen LogP contribution in [0.4, 0.5) is 4.79 Å². The van der Waals surface area contributed by atoms with Gasteiger partial charge in [-0.2, -0.15) is 11.3 Å². The Balaban J connectivity index is 1.64. The van der Waals surface area contributed by atoms with Crippen molar-refractivity contribution >= 4 is 17.4 Å². The largest absolute Gasteiger partial charge is 0.444 e. The number of rotatable bonds is 4. The summed E-state index contributed by atoms with van der Waals surface area (Å²) in [4.78, 5) is 11.5. The maximum absolute atomic E-state index is 11.5. The van der Waals surface area contributed by atoms with Gasteiger partial charge in [0, 0.05) is 18.6 Å². The number of hydrogen-bond acceptors (Lipinski definition) is 4. The van der Waals surface area contributed by atoms with Crippen LogP contribution in [0.15, 0.2) is 16.8 Å². The van der Waals surface area contributed by atoms with Gasteiger partial charge in [-0.25, -0.2) is 4.79 Å². The van der Waals surface area contributed by atoms with Gasteiger partial charge >= 0.3 is 6.09 Å². The van der Waals surface area contributed by atoms with Crippen molar-refractivity contribution in [2.45, 2.75) is 51.4 Å². The molecule has 100 valence electrons. The molecule has 2 rings (SSSR count). The first-order valence-corrected chi connectivity index (χ1v) is 7.12. The van der Waals surface area contributed by atoms with Crippen LogP contribution in [0.5, 0.6) is 0 Å². The summed E-state index contributed by atoms with van der Waals surface area (Å²) in [5.74, 6) is 0. The predicted octanol–water partition coefficient (Wildman–Crippen LogP) is 2.50. The second kappa shape index (κ2) is 5.28. The Morgan fingerprint density at radius 3 is 2.89 bits per heavy atom. The first kappa shape index (κ1) is 13.4. The van der Waals surface area contributed by atoms with Crippen molar-refractivity contribution in [2.75, 3.05) is 0 Å². The standard InChI is InChI=1S/C13H20N2O2S/c1-13(2,3)17-12(16)15-11-6-10(11)14-7-9-4-5-18-8-9/h4-5,8,10-11,14H,6-7H2,1-3H3,(H,15,16). The lowest BCUT2D eigenvalue weighted by Crippen LogP contribution is -2.36. The third kappa shape index (κ3) is 4.31. The van der Waals surface area contributed by atoms with Crippen molar-refractivity contribution in [1.82, 2.24) is 10.6 Å². The van der Waals surface area contributed by atoms with E-state index in [2.05, 4.69) is 27.5 Å². The van der Waals surface area contributed by atoms with E-state index in [4.69, 9.17) is 4.74 Å². The normalized spacial score (nSPS) is 22.6. The molecule has 1 aromatic rings. The molecular weight excluding hydrogens is 248 g/mol. The van der Waals surface area contributed by atoms with E-state index in [-0.39, 0.29) is 12.1 Å². The van der Waals surface area contributed by atoms with E-state index in [1.54, 1.807) is 11.3 Å². The van der Waals surface area contributed by atoms with Crippen molar-refractivity contribution in [3.05, 3.63) is 22.4 Å². The van der Waals surface area contributed by atoms with E-state index < -0.39 is 5.60 Å². The Kier molecular flexibility index (Phi) is 3.92. The molecule has 1 aliphatic carbocycles. The number of nitrogens with one attached hydrogen (secondary N) is 2. The summed E-state index contributed by atoms with van der Waals surface area (Å²) < 4.78 is 5.21. The zero-order valence-electron chi connectivity index (χ0n) is 11.0. The van der Waals surface area contributed by atoms with Gasteiger partial charge in [-0.05, 0) is 49.6 Å². The molecule has 1 amide bonds. The number of hydrogen-bond donors (Lipinski definition) is 2. The van der Waals surface area contributed by atoms with Crippen molar-refractivity contribution < 1.29 is 9.53 Å². The Morgan fingerprint density at radius 2 is 2.28 bits per heavy atom. The summed E-state index contributed by atoms with van der Waals surface area (Å²) in [6, 6.07) is 2.69. The second-order valence-corrected chi connectivity index (χ2v) is 6.39. The zero-order valence-corrected chi connectivity index (χ0v) is 11.8.